The minimum Gasteiger partial charge on any atom is -0.412 e. The van der Waals surface area contributed by atoms with Crippen molar-refractivity contribution in [3.05, 3.63) is 65.2 Å². The van der Waals surface area contributed by atoms with Crippen LogP contribution in [0.2, 0.25) is 0 Å². The Hall–Kier alpha value is -2.15. The Kier molecular flexibility index (Phi) is 34.3. The molecule has 1 atom stereocenters. The van der Waals surface area contributed by atoms with Gasteiger partial charge in [-0.05, 0) is 71.1 Å². The number of nitrogens with two attached hydrogens (primary N) is 1. The molecule has 0 aliphatic rings. The molecule has 0 aliphatic heterocycles. The van der Waals surface area contributed by atoms with E-state index in [-0.39, 0.29) is 28.1 Å². The van der Waals surface area contributed by atoms with Crippen LogP contribution < -0.4 is 22.5 Å². The SMILES string of the molecule is CNC(CNc1ccc(S)cc1)C(C)=C(C)C.CO.Cc1ccc(N)cc1.N.O.O.O.O. The summed E-state index contributed by atoms with van der Waals surface area (Å²) in [5.74, 6) is 0. The standard InChI is InChI=1S/C14H22N2S.C7H9N.CH4O.H3N.4H2O/c1-10(2)11(3)14(15-4)9-16-12-5-7-13(17)8-6-12;1-6-2-4-7(8)5-3-6;1-2;;;;;/h5-8,14-17H,9H2,1-4H3;2-5H,8H2,1H3;2H,1H3;1H3;4*1H2. The molecule has 0 bridgehead atoms. The predicted molar refractivity (Wildman–Crippen MR) is 142 cm³/mol. The zero-order valence-corrected chi connectivity index (χ0v) is 21.0. The third-order valence-electron chi connectivity index (χ3n) is 4.11. The molecular formula is C22H46N4O5S. The fraction of sp³-hybridized carbons (Fsp3) is 0.364. The first-order chi connectivity index (χ1) is 12.8. The first kappa shape index (κ1) is 43.7. The zero-order chi connectivity index (χ0) is 20.8. The lowest BCUT2D eigenvalue weighted by atomic mass is 10.0. The molecule has 0 amide bonds. The minimum absolute atomic E-state index is 0. The maximum Gasteiger partial charge on any atom is 0.0452 e. The van der Waals surface area contributed by atoms with Crippen molar-refractivity contribution < 1.29 is 27.0 Å². The van der Waals surface area contributed by atoms with Gasteiger partial charge in [0.15, 0.2) is 0 Å². The minimum atomic E-state index is 0. The summed E-state index contributed by atoms with van der Waals surface area (Å²) in [6.45, 7) is 9.40. The lowest BCUT2D eigenvalue weighted by Crippen LogP contribution is -2.34. The maximum atomic E-state index is 7.00. The van der Waals surface area contributed by atoms with Crippen LogP contribution in [0.3, 0.4) is 0 Å². The molecule has 1 unspecified atom stereocenters. The number of allylic oxidation sites excluding steroid dienone is 1. The van der Waals surface area contributed by atoms with Crippen LogP contribution in [0, 0.1) is 6.92 Å². The topological polar surface area (TPSA) is 231 Å². The van der Waals surface area contributed by atoms with E-state index in [9.17, 15) is 0 Å². The van der Waals surface area contributed by atoms with Crippen LogP contribution in [0.25, 0.3) is 0 Å². The van der Waals surface area contributed by atoms with Crippen LogP contribution in [0.5, 0.6) is 0 Å². The van der Waals surface area contributed by atoms with Crippen molar-refractivity contribution in [3.8, 4) is 0 Å². The van der Waals surface area contributed by atoms with Gasteiger partial charge in [0.25, 0.3) is 0 Å². The van der Waals surface area contributed by atoms with Crippen molar-refractivity contribution in [3.63, 3.8) is 0 Å². The second-order valence-corrected chi connectivity index (χ2v) is 6.88. The molecule has 0 heterocycles. The Labute approximate surface area is 198 Å². The molecule has 2 rings (SSSR count). The number of rotatable bonds is 5. The lowest BCUT2D eigenvalue weighted by Gasteiger charge is -2.20. The number of thiol groups is 1. The number of nitrogen functional groups attached to an aromatic ring is 1. The number of aryl methyl sites for hydroxylation is 1. The Morgan fingerprint density at radius 3 is 1.69 bits per heavy atom. The van der Waals surface area contributed by atoms with E-state index in [0.717, 1.165) is 29.9 Å². The predicted octanol–water partition coefficient (Wildman–Crippen LogP) is 1.38. The quantitative estimate of drug-likeness (QED) is 0.212. The number of aliphatic hydroxyl groups is 1. The van der Waals surface area contributed by atoms with Crippen LogP contribution in [0.4, 0.5) is 11.4 Å². The molecule has 0 aliphatic carbocycles. The highest BCUT2D eigenvalue weighted by molar-refractivity contribution is 7.80. The summed E-state index contributed by atoms with van der Waals surface area (Å²) in [6, 6.07) is 16.2. The van der Waals surface area contributed by atoms with Crippen molar-refractivity contribution in [2.24, 2.45) is 0 Å². The molecule has 190 valence electrons. The van der Waals surface area contributed by atoms with Crippen molar-refractivity contribution >= 4 is 24.0 Å². The highest BCUT2D eigenvalue weighted by Gasteiger charge is 2.08. The van der Waals surface area contributed by atoms with Crippen LogP contribution in [0.1, 0.15) is 26.3 Å². The van der Waals surface area contributed by atoms with Crippen molar-refractivity contribution in [2.75, 3.05) is 31.8 Å². The fourth-order valence-electron chi connectivity index (χ4n) is 2.19. The van der Waals surface area contributed by atoms with Crippen LogP contribution in [-0.2, 0) is 0 Å². The molecule has 0 aromatic heterocycles. The van der Waals surface area contributed by atoms with Gasteiger partial charge >= 0.3 is 0 Å². The van der Waals surface area contributed by atoms with Gasteiger partial charge in [-0.3, -0.25) is 0 Å². The van der Waals surface area contributed by atoms with Crippen molar-refractivity contribution in [2.45, 2.75) is 38.6 Å². The normalized spacial score (nSPS) is 8.88. The molecule has 10 heteroatoms. The van der Waals surface area contributed by atoms with E-state index in [1.807, 2.05) is 62.5 Å². The maximum absolute atomic E-state index is 7.00. The summed E-state index contributed by atoms with van der Waals surface area (Å²) in [4.78, 5) is 0.987. The summed E-state index contributed by atoms with van der Waals surface area (Å²) in [5.41, 5.74) is 11.4. The van der Waals surface area contributed by atoms with E-state index in [2.05, 4.69) is 44.0 Å². The molecule has 0 spiro atoms. The van der Waals surface area contributed by atoms with Crippen LogP contribution in [-0.4, -0.2) is 53.8 Å². The van der Waals surface area contributed by atoms with E-state index in [0.29, 0.717) is 6.04 Å². The second kappa shape index (κ2) is 25.1. The molecule has 2 aromatic rings. The second-order valence-electron chi connectivity index (χ2n) is 6.36. The van der Waals surface area contributed by atoms with Gasteiger partial charge in [0.05, 0.1) is 0 Å². The van der Waals surface area contributed by atoms with Gasteiger partial charge in [-0.25, -0.2) is 0 Å². The number of hydrogen-bond acceptors (Lipinski definition) is 6. The monoisotopic (exact) mass is 478 g/mol. The molecule has 2 aromatic carbocycles. The number of aliphatic hydroxyl groups excluding tert-OH is 1. The third kappa shape index (κ3) is 18.6. The number of benzene rings is 2. The molecule has 0 saturated carbocycles. The van der Waals surface area contributed by atoms with E-state index in [4.69, 9.17) is 10.8 Å². The Bertz CT molecular complexity index is 659. The molecule has 9 nitrogen and oxygen atoms in total. The van der Waals surface area contributed by atoms with Gasteiger partial charge in [0, 0.05) is 36.0 Å². The number of hydrogen-bond donors (Lipinski definition) is 6. The highest BCUT2D eigenvalue weighted by Crippen LogP contribution is 2.13. The average Bonchev–Trinajstić information content (AvgIpc) is 2.68. The first-order valence-electron chi connectivity index (χ1n) is 8.94. The fourth-order valence-corrected chi connectivity index (χ4v) is 2.33. The van der Waals surface area contributed by atoms with Crippen molar-refractivity contribution in [1.29, 1.82) is 0 Å². The zero-order valence-electron chi connectivity index (χ0n) is 20.1. The third-order valence-corrected chi connectivity index (χ3v) is 4.41. The lowest BCUT2D eigenvalue weighted by molar-refractivity contribution is 0.399. The van der Waals surface area contributed by atoms with Gasteiger partial charge in [0.2, 0.25) is 0 Å². The molecule has 0 fully saturated rings. The summed E-state index contributed by atoms with van der Waals surface area (Å²) < 4.78 is 0. The summed E-state index contributed by atoms with van der Waals surface area (Å²) in [6.07, 6.45) is 0. The average molecular weight is 479 g/mol. The van der Waals surface area contributed by atoms with Crippen molar-refractivity contribution in [1.82, 2.24) is 11.5 Å². The van der Waals surface area contributed by atoms with Gasteiger partial charge in [-0.2, -0.15) is 0 Å². The Balaban J connectivity index is -0.0000000975. The first-order valence-corrected chi connectivity index (χ1v) is 9.39. The molecular weight excluding hydrogens is 432 g/mol. The Morgan fingerprint density at radius 2 is 1.34 bits per heavy atom. The number of likely N-dealkylation sites (N-methyl/N-ethyl adjacent to an activating group) is 1. The van der Waals surface area contributed by atoms with E-state index in [1.165, 1.54) is 16.7 Å². The van der Waals surface area contributed by atoms with E-state index < -0.39 is 0 Å². The number of anilines is 2. The van der Waals surface area contributed by atoms with Crippen LogP contribution >= 0.6 is 12.6 Å². The smallest absolute Gasteiger partial charge is 0.0452 e. The molecule has 0 saturated heterocycles. The van der Waals surface area contributed by atoms with Crippen LogP contribution in [0.15, 0.2) is 64.6 Å². The van der Waals surface area contributed by atoms with E-state index >= 15 is 0 Å². The summed E-state index contributed by atoms with van der Waals surface area (Å²) >= 11 is 4.27. The molecule has 0 radical (unpaired) electrons. The molecule has 16 N–H and O–H groups in total. The van der Waals surface area contributed by atoms with Gasteiger partial charge in [-0.1, -0.05) is 28.8 Å². The highest BCUT2D eigenvalue weighted by atomic mass is 32.1. The van der Waals surface area contributed by atoms with E-state index in [1.54, 1.807) is 0 Å². The summed E-state index contributed by atoms with van der Waals surface area (Å²) in [5, 5.41) is 13.8. The van der Waals surface area contributed by atoms with Gasteiger partial charge in [0.1, 0.15) is 0 Å². The van der Waals surface area contributed by atoms with Gasteiger partial charge in [-0.15, -0.1) is 12.6 Å². The number of nitrogens with one attached hydrogen (secondary N) is 2. The largest absolute Gasteiger partial charge is 0.412 e. The summed E-state index contributed by atoms with van der Waals surface area (Å²) in [7, 11) is 3.00. The molecule has 32 heavy (non-hydrogen) atoms. The Morgan fingerprint density at radius 1 is 0.906 bits per heavy atom. The van der Waals surface area contributed by atoms with Gasteiger partial charge < -0.3 is 49.5 Å².